The zero-order valence-electron chi connectivity index (χ0n) is 11.9. The third-order valence-corrected chi connectivity index (χ3v) is 4.04. The minimum atomic E-state index is -0.557. The lowest BCUT2D eigenvalue weighted by Crippen LogP contribution is -2.49. The van der Waals surface area contributed by atoms with Gasteiger partial charge in [0.25, 0.3) is 11.6 Å². The molecule has 0 radical (unpaired) electrons. The van der Waals surface area contributed by atoms with Gasteiger partial charge in [-0.05, 0) is 24.8 Å². The third-order valence-electron chi connectivity index (χ3n) is 4.04. The number of likely N-dealkylation sites (tertiary alicyclic amines) is 1. The lowest BCUT2D eigenvalue weighted by molar-refractivity contribution is -0.384. The predicted molar refractivity (Wildman–Crippen MR) is 77.8 cm³/mol. The minimum absolute atomic E-state index is 0.122. The van der Waals surface area contributed by atoms with E-state index in [9.17, 15) is 20.0 Å². The fraction of sp³-hybridized carbons (Fsp3) is 0.500. The van der Waals surface area contributed by atoms with Crippen LogP contribution in [0.2, 0.25) is 0 Å². The van der Waals surface area contributed by atoms with E-state index in [2.05, 4.69) is 0 Å². The van der Waals surface area contributed by atoms with E-state index in [1.807, 2.05) is 6.92 Å². The molecule has 114 valence electrons. The number of aliphatic hydroxyl groups excluding tert-OH is 1. The Morgan fingerprint density at radius 1 is 1.57 bits per heavy atom. The largest absolute Gasteiger partial charge is 0.398 e. The number of carbonyl (C=O) groups excluding carboxylic acids is 1. The number of hydrogen-bond acceptors (Lipinski definition) is 5. The van der Waals surface area contributed by atoms with Gasteiger partial charge in [0, 0.05) is 24.4 Å². The van der Waals surface area contributed by atoms with E-state index in [4.69, 9.17) is 5.73 Å². The summed E-state index contributed by atoms with van der Waals surface area (Å²) in [6.45, 7) is 2.38. The molecule has 1 aromatic rings. The standard InChI is InChI=1S/C14H19N3O4/c1-9-3-2-6-16(13(9)8-18)14(19)11-7-10(17(20)21)4-5-12(11)15/h4-5,7,9,13,18H,2-3,6,8,15H2,1H3. The molecule has 2 rings (SSSR count). The second-order valence-corrected chi connectivity index (χ2v) is 5.40. The van der Waals surface area contributed by atoms with Crippen molar-refractivity contribution >= 4 is 17.3 Å². The lowest BCUT2D eigenvalue weighted by atomic mass is 9.90. The fourth-order valence-electron chi connectivity index (χ4n) is 2.78. The number of anilines is 1. The van der Waals surface area contributed by atoms with Crippen molar-refractivity contribution in [2.75, 3.05) is 18.9 Å². The molecule has 21 heavy (non-hydrogen) atoms. The number of amides is 1. The maximum Gasteiger partial charge on any atom is 0.270 e. The lowest BCUT2D eigenvalue weighted by Gasteiger charge is -2.39. The summed E-state index contributed by atoms with van der Waals surface area (Å²) in [5, 5.41) is 20.3. The molecule has 1 heterocycles. The second-order valence-electron chi connectivity index (χ2n) is 5.40. The number of nitrogens with zero attached hydrogens (tertiary/aromatic N) is 2. The van der Waals surface area contributed by atoms with Crippen LogP contribution in [0.25, 0.3) is 0 Å². The smallest absolute Gasteiger partial charge is 0.270 e. The summed E-state index contributed by atoms with van der Waals surface area (Å²) in [4.78, 5) is 24.5. The van der Waals surface area contributed by atoms with Gasteiger partial charge in [-0.15, -0.1) is 0 Å². The first kappa shape index (κ1) is 15.2. The Labute approximate surface area is 122 Å². The Morgan fingerprint density at radius 3 is 2.90 bits per heavy atom. The van der Waals surface area contributed by atoms with Crippen molar-refractivity contribution < 1.29 is 14.8 Å². The number of rotatable bonds is 3. The topological polar surface area (TPSA) is 110 Å². The van der Waals surface area contributed by atoms with E-state index >= 15 is 0 Å². The maximum atomic E-state index is 12.6. The van der Waals surface area contributed by atoms with Crippen LogP contribution in [-0.2, 0) is 0 Å². The summed E-state index contributed by atoms with van der Waals surface area (Å²) in [7, 11) is 0. The van der Waals surface area contributed by atoms with Gasteiger partial charge >= 0.3 is 0 Å². The summed E-state index contributed by atoms with van der Waals surface area (Å²) in [5.74, 6) is -0.172. The van der Waals surface area contributed by atoms with Gasteiger partial charge in [0.15, 0.2) is 0 Å². The Balaban J connectivity index is 2.34. The van der Waals surface area contributed by atoms with Gasteiger partial charge in [0.1, 0.15) is 0 Å². The number of nitro benzene ring substituents is 1. The average molecular weight is 293 g/mol. The molecule has 0 saturated carbocycles. The zero-order chi connectivity index (χ0) is 15.6. The van der Waals surface area contributed by atoms with E-state index in [-0.39, 0.29) is 41.4 Å². The van der Waals surface area contributed by atoms with Crippen LogP contribution in [0, 0.1) is 16.0 Å². The summed E-state index contributed by atoms with van der Waals surface area (Å²) >= 11 is 0. The quantitative estimate of drug-likeness (QED) is 0.497. The molecule has 3 N–H and O–H groups in total. The highest BCUT2D eigenvalue weighted by atomic mass is 16.6. The molecule has 1 aliphatic rings. The van der Waals surface area contributed by atoms with Crippen LogP contribution in [0.3, 0.4) is 0 Å². The highest BCUT2D eigenvalue weighted by Gasteiger charge is 2.33. The number of piperidine rings is 1. The van der Waals surface area contributed by atoms with E-state index in [1.165, 1.54) is 18.2 Å². The highest BCUT2D eigenvalue weighted by Crippen LogP contribution is 2.27. The van der Waals surface area contributed by atoms with Gasteiger partial charge in [-0.3, -0.25) is 14.9 Å². The van der Waals surface area contributed by atoms with Gasteiger partial charge in [-0.1, -0.05) is 6.92 Å². The Morgan fingerprint density at radius 2 is 2.29 bits per heavy atom. The van der Waals surface area contributed by atoms with E-state index in [0.717, 1.165) is 12.8 Å². The molecule has 7 nitrogen and oxygen atoms in total. The van der Waals surface area contributed by atoms with Gasteiger partial charge < -0.3 is 15.7 Å². The molecule has 1 fully saturated rings. The normalized spacial score (nSPS) is 22.1. The highest BCUT2D eigenvalue weighted by molar-refractivity contribution is 6.00. The van der Waals surface area contributed by atoms with Gasteiger partial charge in [0.2, 0.25) is 0 Å². The summed E-state index contributed by atoms with van der Waals surface area (Å²) in [6, 6.07) is 3.57. The first-order valence-electron chi connectivity index (χ1n) is 6.91. The van der Waals surface area contributed by atoms with Crippen LogP contribution in [0.15, 0.2) is 18.2 Å². The number of nitro groups is 1. The second kappa shape index (κ2) is 6.09. The number of aliphatic hydroxyl groups is 1. The number of benzene rings is 1. The third kappa shape index (κ3) is 2.97. The van der Waals surface area contributed by atoms with Crippen molar-refractivity contribution in [1.29, 1.82) is 0 Å². The number of hydrogen-bond donors (Lipinski definition) is 2. The molecule has 2 unspecified atom stereocenters. The number of non-ortho nitro benzene ring substituents is 1. The van der Waals surface area contributed by atoms with Gasteiger partial charge in [-0.2, -0.15) is 0 Å². The van der Waals surface area contributed by atoms with E-state index < -0.39 is 4.92 Å². The Bertz CT molecular complexity index is 561. The van der Waals surface area contributed by atoms with Crippen LogP contribution >= 0.6 is 0 Å². The molecular weight excluding hydrogens is 274 g/mol. The molecule has 0 aliphatic carbocycles. The molecule has 0 aromatic heterocycles. The Kier molecular flexibility index (Phi) is 4.42. The maximum absolute atomic E-state index is 12.6. The minimum Gasteiger partial charge on any atom is -0.398 e. The number of nitrogens with two attached hydrogens (primary N) is 1. The van der Waals surface area contributed by atoms with Crippen molar-refractivity contribution in [3.05, 3.63) is 33.9 Å². The van der Waals surface area contributed by atoms with Crippen molar-refractivity contribution in [2.24, 2.45) is 5.92 Å². The predicted octanol–water partition coefficient (Wildman–Crippen LogP) is 1.41. The molecule has 1 aromatic carbocycles. The number of carbonyl (C=O) groups is 1. The van der Waals surface area contributed by atoms with Crippen molar-refractivity contribution in [3.63, 3.8) is 0 Å². The van der Waals surface area contributed by atoms with Crippen LogP contribution < -0.4 is 5.73 Å². The van der Waals surface area contributed by atoms with E-state index in [0.29, 0.717) is 6.54 Å². The summed E-state index contributed by atoms with van der Waals surface area (Å²) < 4.78 is 0. The number of nitrogen functional groups attached to an aromatic ring is 1. The van der Waals surface area contributed by atoms with Gasteiger partial charge in [0.05, 0.1) is 23.1 Å². The van der Waals surface area contributed by atoms with Crippen molar-refractivity contribution in [1.82, 2.24) is 4.90 Å². The summed E-state index contributed by atoms with van der Waals surface area (Å²) in [5.41, 5.74) is 5.95. The van der Waals surface area contributed by atoms with Crippen LogP contribution in [0.4, 0.5) is 11.4 Å². The molecule has 7 heteroatoms. The average Bonchev–Trinajstić information content (AvgIpc) is 2.46. The monoisotopic (exact) mass is 293 g/mol. The molecule has 0 bridgehead atoms. The molecule has 1 saturated heterocycles. The van der Waals surface area contributed by atoms with Crippen LogP contribution in [-0.4, -0.2) is 40.0 Å². The molecule has 1 aliphatic heterocycles. The fourth-order valence-corrected chi connectivity index (χ4v) is 2.78. The zero-order valence-corrected chi connectivity index (χ0v) is 11.9. The SMILES string of the molecule is CC1CCCN(C(=O)c2cc([N+](=O)[O-])ccc2N)C1CO. The van der Waals surface area contributed by atoms with E-state index in [1.54, 1.807) is 4.90 Å². The van der Waals surface area contributed by atoms with Crippen molar-refractivity contribution in [2.45, 2.75) is 25.8 Å². The summed E-state index contributed by atoms with van der Waals surface area (Å²) in [6.07, 6.45) is 1.79. The first-order chi connectivity index (χ1) is 9.95. The van der Waals surface area contributed by atoms with Crippen LogP contribution in [0.1, 0.15) is 30.1 Å². The van der Waals surface area contributed by atoms with Crippen molar-refractivity contribution in [3.8, 4) is 0 Å². The molecular formula is C14H19N3O4. The molecule has 2 atom stereocenters. The van der Waals surface area contributed by atoms with Crippen LogP contribution in [0.5, 0.6) is 0 Å². The molecule has 0 spiro atoms. The van der Waals surface area contributed by atoms with Gasteiger partial charge in [-0.25, -0.2) is 0 Å². The first-order valence-corrected chi connectivity index (χ1v) is 6.91. The Hall–Kier alpha value is -2.15. The molecule has 1 amide bonds.